The fraction of sp³-hybridized carbons (Fsp3) is 0.381. The van der Waals surface area contributed by atoms with Crippen molar-refractivity contribution in [2.45, 2.75) is 33.6 Å². The van der Waals surface area contributed by atoms with Crippen LogP contribution >= 0.6 is 0 Å². The maximum absolute atomic E-state index is 12.1. The minimum atomic E-state index is -0.232. The highest BCUT2D eigenvalue weighted by molar-refractivity contribution is 5.92. The molecule has 2 rings (SSSR count). The monoisotopic (exact) mass is 357 g/mol. The molecule has 0 fully saturated rings. The van der Waals surface area contributed by atoms with Crippen molar-refractivity contribution >= 4 is 11.6 Å². The number of hydrogen-bond acceptors (Lipinski definition) is 4. The van der Waals surface area contributed by atoms with Gasteiger partial charge in [0.2, 0.25) is 0 Å². The minimum absolute atomic E-state index is 0.0573. The maximum atomic E-state index is 12.1. The normalized spacial score (nSPS) is 10.5. The molecule has 0 atom stereocenters. The van der Waals surface area contributed by atoms with Crippen molar-refractivity contribution in [2.24, 2.45) is 0 Å². The Balaban J connectivity index is 1.93. The number of anilines is 1. The topological polar surface area (TPSA) is 56.8 Å². The second-order valence-electron chi connectivity index (χ2n) is 6.09. The average molecular weight is 357 g/mol. The molecule has 26 heavy (non-hydrogen) atoms. The number of hydrogen-bond donors (Lipinski definition) is 1. The zero-order valence-corrected chi connectivity index (χ0v) is 15.9. The molecule has 5 nitrogen and oxygen atoms in total. The first-order valence-corrected chi connectivity index (χ1v) is 8.95. The largest absolute Gasteiger partial charge is 0.490 e. The van der Waals surface area contributed by atoms with Gasteiger partial charge in [0.15, 0.2) is 18.1 Å². The number of rotatable bonds is 9. The first-order valence-electron chi connectivity index (χ1n) is 8.95. The van der Waals surface area contributed by atoms with E-state index in [1.165, 1.54) is 5.56 Å². The van der Waals surface area contributed by atoms with E-state index in [0.29, 0.717) is 42.1 Å². The van der Waals surface area contributed by atoms with Crippen molar-refractivity contribution < 1.29 is 19.0 Å². The summed E-state index contributed by atoms with van der Waals surface area (Å²) in [6, 6.07) is 13.1. The van der Waals surface area contributed by atoms with Crippen molar-refractivity contribution in [1.29, 1.82) is 0 Å². The van der Waals surface area contributed by atoms with Crippen molar-refractivity contribution in [3.05, 3.63) is 48.0 Å². The third-order valence-electron chi connectivity index (χ3n) is 3.74. The molecule has 0 aliphatic heterocycles. The number of carbonyl (C=O) groups is 1. The van der Waals surface area contributed by atoms with E-state index in [1.807, 2.05) is 38.1 Å². The van der Waals surface area contributed by atoms with Crippen LogP contribution < -0.4 is 19.5 Å². The third-order valence-corrected chi connectivity index (χ3v) is 3.74. The molecule has 2 aromatic carbocycles. The fourth-order valence-electron chi connectivity index (χ4n) is 2.42. The second kappa shape index (κ2) is 9.70. The molecule has 0 aromatic heterocycles. The first kappa shape index (κ1) is 19.6. The van der Waals surface area contributed by atoms with Gasteiger partial charge in [-0.2, -0.15) is 0 Å². The van der Waals surface area contributed by atoms with Crippen LogP contribution in [0, 0.1) is 0 Å². The van der Waals surface area contributed by atoms with Crippen LogP contribution in [-0.4, -0.2) is 25.7 Å². The molecular weight excluding hydrogens is 330 g/mol. The average Bonchev–Trinajstić information content (AvgIpc) is 2.63. The molecule has 0 radical (unpaired) electrons. The Hall–Kier alpha value is -2.69. The molecule has 0 saturated heterocycles. The van der Waals surface area contributed by atoms with E-state index in [1.54, 1.807) is 18.2 Å². The molecule has 0 heterocycles. The Labute approximate surface area is 155 Å². The minimum Gasteiger partial charge on any atom is -0.490 e. The van der Waals surface area contributed by atoms with Crippen LogP contribution in [0.25, 0.3) is 0 Å². The standard InChI is InChI=1S/C21H27NO4/c1-5-24-19-12-9-17(13-20(19)25-6-2)22-21(23)14-26-18-10-7-16(8-11-18)15(3)4/h7-13,15H,5-6,14H2,1-4H3,(H,22,23). The van der Waals surface area contributed by atoms with E-state index < -0.39 is 0 Å². The van der Waals surface area contributed by atoms with Gasteiger partial charge in [-0.3, -0.25) is 4.79 Å². The number of nitrogens with one attached hydrogen (secondary N) is 1. The Morgan fingerprint density at radius 3 is 2.19 bits per heavy atom. The van der Waals surface area contributed by atoms with Crippen molar-refractivity contribution in [2.75, 3.05) is 25.1 Å². The van der Waals surface area contributed by atoms with Gasteiger partial charge < -0.3 is 19.5 Å². The second-order valence-corrected chi connectivity index (χ2v) is 6.09. The number of ether oxygens (including phenoxy) is 3. The van der Waals surface area contributed by atoms with Gasteiger partial charge in [-0.15, -0.1) is 0 Å². The molecule has 1 N–H and O–H groups in total. The molecule has 0 aliphatic rings. The quantitative estimate of drug-likeness (QED) is 0.711. The SMILES string of the molecule is CCOc1ccc(NC(=O)COc2ccc(C(C)C)cc2)cc1OCC. The van der Waals surface area contributed by atoms with E-state index in [4.69, 9.17) is 14.2 Å². The zero-order chi connectivity index (χ0) is 18.9. The maximum Gasteiger partial charge on any atom is 0.262 e. The van der Waals surface area contributed by atoms with Crippen LogP contribution in [0.5, 0.6) is 17.2 Å². The predicted octanol–water partition coefficient (Wildman–Crippen LogP) is 4.62. The van der Waals surface area contributed by atoms with Crippen molar-refractivity contribution in [1.82, 2.24) is 0 Å². The summed E-state index contributed by atoms with van der Waals surface area (Å²) < 4.78 is 16.6. The lowest BCUT2D eigenvalue weighted by Crippen LogP contribution is -2.20. The molecule has 140 valence electrons. The highest BCUT2D eigenvalue weighted by Crippen LogP contribution is 2.30. The van der Waals surface area contributed by atoms with Crippen LogP contribution in [0.15, 0.2) is 42.5 Å². The van der Waals surface area contributed by atoms with Crippen molar-refractivity contribution in [3.8, 4) is 17.2 Å². The highest BCUT2D eigenvalue weighted by Gasteiger charge is 2.09. The summed E-state index contributed by atoms with van der Waals surface area (Å²) in [5, 5.41) is 2.81. The van der Waals surface area contributed by atoms with Gasteiger partial charge in [-0.25, -0.2) is 0 Å². The first-order chi connectivity index (χ1) is 12.5. The lowest BCUT2D eigenvalue weighted by molar-refractivity contribution is -0.118. The van der Waals surface area contributed by atoms with Crippen molar-refractivity contribution in [3.63, 3.8) is 0 Å². The number of carbonyl (C=O) groups excluding carboxylic acids is 1. The highest BCUT2D eigenvalue weighted by atomic mass is 16.5. The Morgan fingerprint density at radius 1 is 0.923 bits per heavy atom. The third kappa shape index (κ3) is 5.69. The molecule has 0 spiro atoms. The summed E-state index contributed by atoms with van der Waals surface area (Å²) in [4.78, 5) is 12.1. The van der Waals surface area contributed by atoms with Crippen LogP contribution in [0.2, 0.25) is 0 Å². The summed E-state index contributed by atoms with van der Waals surface area (Å²) in [6.07, 6.45) is 0. The van der Waals surface area contributed by atoms with E-state index in [2.05, 4.69) is 19.2 Å². The van der Waals surface area contributed by atoms with Gasteiger partial charge in [-0.05, 0) is 49.6 Å². The van der Waals surface area contributed by atoms with Crippen LogP contribution in [0.3, 0.4) is 0 Å². The van der Waals surface area contributed by atoms with E-state index >= 15 is 0 Å². The summed E-state index contributed by atoms with van der Waals surface area (Å²) in [7, 11) is 0. The van der Waals surface area contributed by atoms with Crippen LogP contribution in [0.1, 0.15) is 39.2 Å². The lowest BCUT2D eigenvalue weighted by atomic mass is 10.0. The van der Waals surface area contributed by atoms with Crippen LogP contribution in [0.4, 0.5) is 5.69 Å². The van der Waals surface area contributed by atoms with E-state index in [0.717, 1.165) is 0 Å². The lowest BCUT2D eigenvalue weighted by Gasteiger charge is -2.13. The zero-order valence-electron chi connectivity index (χ0n) is 15.9. The summed E-state index contributed by atoms with van der Waals surface area (Å²) >= 11 is 0. The number of benzene rings is 2. The molecule has 5 heteroatoms. The smallest absolute Gasteiger partial charge is 0.262 e. The van der Waals surface area contributed by atoms with Gasteiger partial charge in [-0.1, -0.05) is 26.0 Å². The van der Waals surface area contributed by atoms with Gasteiger partial charge in [0.05, 0.1) is 13.2 Å². The van der Waals surface area contributed by atoms with E-state index in [-0.39, 0.29) is 12.5 Å². The van der Waals surface area contributed by atoms with Gasteiger partial charge >= 0.3 is 0 Å². The number of amides is 1. The summed E-state index contributed by atoms with van der Waals surface area (Å²) in [6.45, 7) is 9.10. The molecule has 2 aromatic rings. The van der Waals surface area contributed by atoms with Crippen LogP contribution in [-0.2, 0) is 4.79 Å². The van der Waals surface area contributed by atoms with Gasteiger partial charge in [0.25, 0.3) is 5.91 Å². The molecule has 0 bridgehead atoms. The molecule has 0 unspecified atom stereocenters. The Morgan fingerprint density at radius 2 is 1.58 bits per heavy atom. The fourth-order valence-corrected chi connectivity index (χ4v) is 2.42. The predicted molar refractivity (Wildman–Crippen MR) is 103 cm³/mol. The summed E-state index contributed by atoms with van der Waals surface area (Å²) in [5.74, 6) is 2.17. The van der Waals surface area contributed by atoms with E-state index in [9.17, 15) is 4.79 Å². The van der Waals surface area contributed by atoms with Gasteiger partial charge in [0, 0.05) is 11.8 Å². The molecule has 0 aliphatic carbocycles. The Kier molecular flexibility index (Phi) is 7.33. The molecule has 1 amide bonds. The molecule has 0 saturated carbocycles. The summed E-state index contributed by atoms with van der Waals surface area (Å²) in [5.41, 5.74) is 1.88. The van der Waals surface area contributed by atoms with Gasteiger partial charge in [0.1, 0.15) is 5.75 Å². The molecular formula is C21H27NO4. The Bertz CT molecular complexity index is 710.